The van der Waals surface area contributed by atoms with Gasteiger partial charge in [0.25, 0.3) is 0 Å². The van der Waals surface area contributed by atoms with Crippen LogP contribution < -0.4 is 0 Å². The molecule has 0 radical (unpaired) electrons. The van der Waals surface area contributed by atoms with Crippen molar-refractivity contribution >= 4 is 17.7 Å². The summed E-state index contributed by atoms with van der Waals surface area (Å²) in [6, 6.07) is 0. The highest BCUT2D eigenvalue weighted by Crippen LogP contribution is 2.12. The van der Waals surface area contributed by atoms with Crippen LogP contribution in [0, 0.1) is 5.92 Å². The summed E-state index contributed by atoms with van der Waals surface area (Å²) in [5.41, 5.74) is 0. The molecule has 0 heterocycles. The number of hydrogen-bond donors (Lipinski definition) is 0. The van der Waals surface area contributed by atoms with E-state index in [-0.39, 0.29) is 5.97 Å². The molecule has 3 heteroatoms. The van der Waals surface area contributed by atoms with Crippen LogP contribution in [0.3, 0.4) is 0 Å². The zero-order valence-electron chi connectivity index (χ0n) is 8.13. The number of hydrogen-bond acceptors (Lipinski definition) is 3. The van der Waals surface area contributed by atoms with Crippen LogP contribution in [0.15, 0.2) is 0 Å². The van der Waals surface area contributed by atoms with Gasteiger partial charge in [0.15, 0.2) is 0 Å². The molecule has 1 atom stereocenters. The first-order valence-electron chi connectivity index (χ1n) is 4.35. The first-order chi connectivity index (χ1) is 5.70. The maximum absolute atomic E-state index is 10.8. The van der Waals surface area contributed by atoms with E-state index in [0.29, 0.717) is 12.3 Å². The lowest BCUT2D eigenvalue weighted by atomic mass is 10.1. The van der Waals surface area contributed by atoms with Crippen LogP contribution in [0.1, 0.15) is 26.7 Å². The summed E-state index contributed by atoms with van der Waals surface area (Å²) in [6.07, 6.45) is 1.75. The molecule has 0 aromatic rings. The van der Waals surface area contributed by atoms with Gasteiger partial charge in [-0.25, -0.2) is 0 Å². The highest BCUT2D eigenvalue weighted by molar-refractivity contribution is 7.99. The van der Waals surface area contributed by atoms with Gasteiger partial charge in [-0.05, 0) is 23.8 Å². The number of carbonyl (C=O) groups excluding carboxylic acids is 1. The molecule has 0 aliphatic heterocycles. The van der Waals surface area contributed by atoms with E-state index in [1.807, 2.05) is 11.8 Å². The Morgan fingerprint density at radius 1 is 1.58 bits per heavy atom. The van der Waals surface area contributed by atoms with Gasteiger partial charge in [0, 0.05) is 6.42 Å². The van der Waals surface area contributed by atoms with Crippen molar-refractivity contribution in [3.63, 3.8) is 0 Å². The summed E-state index contributed by atoms with van der Waals surface area (Å²) in [7, 11) is 1.44. The van der Waals surface area contributed by atoms with Crippen molar-refractivity contribution in [2.24, 2.45) is 5.92 Å². The normalized spacial score (nSPS) is 12.6. The SMILES string of the molecule is CCCSC[C@H](C)CC(=O)OC. The number of rotatable bonds is 6. The minimum Gasteiger partial charge on any atom is -0.469 e. The summed E-state index contributed by atoms with van der Waals surface area (Å²) in [4.78, 5) is 10.8. The van der Waals surface area contributed by atoms with Crippen LogP contribution in [0.25, 0.3) is 0 Å². The Labute approximate surface area is 79.1 Å². The topological polar surface area (TPSA) is 26.3 Å². The summed E-state index contributed by atoms with van der Waals surface area (Å²) in [5.74, 6) is 2.59. The fourth-order valence-corrected chi connectivity index (χ4v) is 1.83. The Kier molecular flexibility index (Phi) is 7.36. The Hall–Kier alpha value is -0.180. The zero-order valence-corrected chi connectivity index (χ0v) is 8.95. The van der Waals surface area contributed by atoms with Crippen LogP contribution in [-0.2, 0) is 9.53 Å². The van der Waals surface area contributed by atoms with Gasteiger partial charge in [0.1, 0.15) is 0 Å². The number of esters is 1. The second-order valence-corrected chi connectivity index (χ2v) is 4.11. The van der Waals surface area contributed by atoms with E-state index in [2.05, 4.69) is 18.6 Å². The molecule has 0 unspecified atom stereocenters. The molecule has 0 saturated heterocycles. The van der Waals surface area contributed by atoms with Crippen LogP contribution in [-0.4, -0.2) is 24.6 Å². The Morgan fingerprint density at radius 2 is 2.25 bits per heavy atom. The van der Waals surface area contributed by atoms with E-state index in [1.54, 1.807) is 0 Å². The van der Waals surface area contributed by atoms with Gasteiger partial charge in [-0.3, -0.25) is 4.79 Å². The third-order valence-electron chi connectivity index (χ3n) is 1.49. The van der Waals surface area contributed by atoms with Crippen molar-refractivity contribution in [3.8, 4) is 0 Å². The lowest BCUT2D eigenvalue weighted by Gasteiger charge is -2.08. The molecule has 0 aliphatic carbocycles. The van der Waals surface area contributed by atoms with Gasteiger partial charge in [-0.1, -0.05) is 13.8 Å². The fourth-order valence-electron chi connectivity index (χ4n) is 0.856. The van der Waals surface area contributed by atoms with Crippen molar-refractivity contribution in [3.05, 3.63) is 0 Å². The van der Waals surface area contributed by atoms with Crippen molar-refractivity contribution in [1.29, 1.82) is 0 Å². The molecule has 0 rings (SSSR count). The van der Waals surface area contributed by atoms with E-state index in [4.69, 9.17) is 0 Å². The number of thioether (sulfide) groups is 1. The smallest absolute Gasteiger partial charge is 0.305 e. The number of methoxy groups -OCH3 is 1. The third kappa shape index (κ3) is 6.53. The average molecular weight is 190 g/mol. The molecule has 0 amide bonds. The second kappa shape index (κ2) is 7.47. The average Bonchev–Trinajstić information content (AvgIpc) is 2.05. The minimum atomic E-state index is -0.0976. The Morgan fingerprint density at radius 3 is 2.75 bits per heavy atom. The molecule has 0 aromatic heterocycles. The molecule has 0 N–H and O–H groups in total. The van der Waals surface area contributed by atoms with Gasteiger partial charge < -0.3 is 4.74 Å². The number of carbonyl (C=O) groups is 1. The van der Waals surface area contributed by atoms with E-state index in [1.165, 1.54) is 19.3 Å². The van der Waals surface area contributed by atoms with Crippen LogP contribution in [0.5, 0.6) is 0 Å². The van der Waals surface area contributed by atoms with Gasteiger partial charge in [-0.2, -0.15) is 11.8 Å². The molecule has 0 bridgehead atoms. The molecule has 0 aliphatic rings. The van der Waals surface area contributed by atoms with Gasteiger partial charge in [0.05, 0.1) is 7.11 Å². The van der Waals surface area contributed by atoms with Gasteiger partial charge >= 0.3 is 5.97 Å². The zero-order chi connectivity index (χ0) is 9.40. The molecule has 0 aromatic carbocycles. The van der Waals surface area contributed by atoms with E-state index in [9.17, 15) is 4.79 Å². The summed E-state index contributed by atoms with van der Waals surface area (Å²) in [5, 5.41) is 0. The maximum Gasteiger partial charge on any atom is 0.305 e. The Balaban J connectivity index is 3.32. The second-order valence-electron chi connectivity index (χ2n) is 2.96. The predicted octanol–water partition coefficient (Wildman–Crippen LogP) is 2.33. The summed E-state index contributed by atoms with van der Waals surface area (Å²) >= 11 is 1.91. The predicted molar refractivity (Wildman–Crippen MR) is 53.4 cm³/mol. The van der Waals surface area contributed by atoms with Gasteiger partial charge in [0.2, 0.25) is 0 Å². The molecule has 12 heavy (non-hydrogen) atoms. The van der Waals surface area contributed by atoms with Crippen molar-refractivity contribution in [1.82, 2.24) is 0 Å². The van der Waals surface area contributed by atoms with E-state index >= 15 is 0 Å². The minimum absolute atomic E-state index is 0.0976. The summed E-state index contributed by atoms with van der Waals surface area (Å²) in [6.45, 7) is 4.25. The Bertz CT molecular complexity index is 126. The third-order valence-corrected chi connectivity index (χ3v) is 3.00. The molecule has 0 spiro atoms. The molecular formula is C9H18O2S. The van der Waals surface area contributed by atoms with Crippen LogP contribution in [0.2, 0.25) is 0 Å². The number of ether oxygens (including phenoxy) is 1. The molecule has 0 saturated carbocycles. The van der Waals surface area contributed by atoms with Crippen molar-refractivity contribution in [2.75, 3.05) is 18.6 Å². The molecule has 72 valence electrons. The van der Waals surface area contributed by atoms with Crippen LogP contribution >= 0.6 is 11.8 Å². The molecular weight excluding hydrogens is 172 g/mol. The quantitative estimate of drug-likeness (QED) is 0.475. The fraction of sp³-hybridized carbons (Fsp3) is 0.889. The summed E-state index contributed by atoms with van der Waals surface area (Å²) < 4.78 is 4.58. The first kappa shape index (κ1) is 11.8. The highest BCUT2D eigenvalue weighted by Gasteiger charge is 2.08. The molecule has 0 fully saturated rings. The van der Waals surface area contributed by atoms with E-state index < -0.39 is 0 Å². The van der Waals surface area contributed by atoms with Crippen LogP contribution in [0.4, 0.5) is 0 Å². The van der Waals surface area contributed by atoms with E-state index in [0.717, 1.165) is 5.75 Å². The van der Waals surface area contributed by atoms with Gasteiger partial charge in [-0.15, -0.1) is 0 Å². The largest absolute Gasteiger partial charge is 0.469 e. The maximum atomic E-state index is 10.8. The standard InChI is InChI=1S/C9H18O2S/c1-4-5-12-7-8(2)6-9(10)11-3/h8H,4-7H2,1-3H3/t8-/m1/s1. The first-order valence-corrected chi connectivity index (χ1v) is 5.50. The highest BCUT2D eigenvalue weighted by atomic mass is 32.2. The van der Waals surface area contributed by atoms with Crippen molar-refractivity contribution in [2.45, 2.75) is 26.7 Å². The lowest BCUT2D eigenvalue weighted by molar-refractivity contribution is -0.141. The lowest BCUT2D eigenvalue weighted by Crippen LogP contribution is -2.09. The monoisotopic (exact) mass is 190 g/mol. The molecule has 2 nitrogen and oxygen atoms in total. The van der Waals surface area contributed by atoms with Crippen molar-refractivity contribution < 1.29 is 9.53 Å².